The van der Waals surface area contributed by atoms with Crippen molar-refractivity contribution in [2.75, 3.05) is 13.1 Å². The van der Waals surface area contributed by atoms with Crippen molar-refractivity contribution >= 4 is 15.9 Å². The normalized spacial score (nSPS) is 22.4. The molecule has 1 aliphatic heterocycles. The van der Waals surface area contributed by atoms with E-state index >= 15 is 0 Å². The minimum atomic E-state index is -0.340. The van der Waals surface area contributed by atoms with Gasteiger partial charge in [0, 0.05) is 17.1 Å². The van der Waals surface area contributed by atoms with Crippen LogP contribution in [0, 0.1) is 0 Å². The standard InChI is InChI=1S/C16H24BrNO/c1-2-15-5-3-4-11-18(15)12-10-16(19)13-6-8-14(17)9-7-13/h6-9,15-16,19H,2-5,10-12H2,1H3. The van der Waals surface area contributed by atoms with Crippen LogP contribution in [0.15, 0.2) is 28.7 Å². The summed E-state index contributed by atoms with van der Waals surface area (Å²) in [4.78, 5) is 2.56. The molecule has 0 aromatic heterocycles. The summed E-state index contributed by atoms with van der Waals surface area (Å²) in [5, 5.41) is 10.3. The highest BCUT2D eigenvalue weighted by Crippen LogP contribution is 2.23. The van der Waals surface area contributed by atoms with Crippen molar-refractivity contribution in [3.8, 4) is 0 Å². The van der Waals surface area contributed by atoms with Crippen LogP contribution >= 0.6 is 15.9 Å². The van der Waals surface area contributed by atoms with E-state index in [9.17, 15) is 5.11 Å². The van der Waals surface area contributed by atoms with Gasteiger partial charge in [0.15, 0.2) is 0 Å². The number of aliphatic hydroxyl groups is 1. The zero-order chi connectivity index (χ0) is 13.7. The molecule has 1 N–H and O–H groups in total. The van der Waals surface area contributed by atoms with Crippen LogP contribution in [0.25, 0.3) is 0 Å². The predicted octanol–water partition coefficient (Wildman–Crippen LogP) is 4.14. The molecular weight excluding hydrogens is 302 g/mol. The summed E-state index contributed by atoms with van der Waals surface area (Å²) in [7, 11) is 0. The average molecular weight is 326 g/mol. The topological polar surface area (TPSA) is 23.5 Å². The summed E-state index contributed by atoms with van der Waals surface area (Å²) in [6, 6.07) is 8.72. The third kappa shape index (κ3) is 4.30. The Morgan fingerprint density at radius 3 is 2.74 bits per heavy atom. The molecule has 1 aromatic rings. The maximum atomic E-state index is 10.3. The number of hydrogen-bond acceptors (Lipinski definition) is 2. The number of likely N-dealkylation sites (tertiary alicyclic amines) is 1. The maximum absolute atomic E-state index is 10.3. The average Bonchev–Trinajstić information content (AvgIpc) is 2.45. The first kappa shape index (κ1) is 15.0. The Morgan fingerprint density at radius 2 is 2.05 bits per heavy atom. The second-order valence-corrected chi connectivity index (χ2v) is 6.37. The van der Waals surface area contributed by atoms with Crippen LogP contribution in [0.5, 0.6) is 0 Å². The lowest BCUT2D eigenvalue weighted by molar-refractivity contribution is 0.101. The van der Waals surface area contributed by atoms with E-state index in [0.717, 1.165) is 29.0 Å². The Balaban J connectivity index is 1.85. The highest BCUT2D eigenvalue weighted by atomic mass is 79.9. The van der Waals surface area contributed by atoms with E-state index in [1.165, 1.54) is 32.2 Å². The Hall–Kier alpha value is -0.380. The summed E-state index contributed by atoms with van der Waals surface area (Å²) in [6.45, 7) is 4.48. The van der Waals surface area contributed by atoms with Gasteiger partial charge in [-0.25, -0.2) is 0 Å². The van der Waals surface area contributed by atoms with Gasteiger partial charge in [0.25, 0.3) is 0 Å². The molecule has 1 aromatic carbocycles. The molecular formula is C16H24BrNO. The van der Waals surface area contributed by atoms with E-state index in [2.05, 4.69) is 27.8 Å². The van der Waals surface area contributed by atoms with Crippen molar-refractivity contribution in [2.45, 2.75) is 51.2 Å². The van der Waals surface area contributed by atoms with Gasteiger partial charge >= 0.3 is 0 Å². The van der Waals surface area contributed by atoms with Crippen LogP contribution in [0.4, 0.5) is 0 Å². The number of aliphatic hydroxyl groups excluding tert-OH is 1. The van der Waals surface area contributed by atoms with Crippen molar-refractivity contribution in [3.05, 3.63) is 34.3 Å². The lowest BCUT2D eigenvalue weighted by Gasteiger charge is -2.35. The van der Waals surface area contributed by atoms with E-state index in [0.29, 0.717) is 0 Å². The second-order valence-electron chi connectivity index (χ2n) is 5.45. The quantitative estimate of drug-likeness (QED) is 0.879. The van der Waals surface area contributed by atoms with Gasteiger partial charge in [-0.2, -0.15) is 0 Å². The first-order valence-corrected chi connectivity index (χ1v) is 8.17. The Bertz CT molecular complexity index is 379. The van der Waals surface area contributed by atoms with Gasteiger partial charge in [0.05, 0.1) is 6.10 Å². The summed E-state index contributed by atoms with van der Waals surface area (Å²) >= 11 is 3.42. The summed E-state index contributed by atoms with van der Waals surface area (Å²) in [6.07, 6.45) is 5.72. The van der Waals surface area contributed by atoms with E-state index in [4.69, 9.17) is 0 Å². The molecule has 19 heavy (non-hydrogen) atoms. The fourth-order valence-electron chi connectivity index (χ4n) is 2.96. The number of piperidine rings is 1. The highest BCUT2D eigenvalue weighted by Gasteiger charge is 2.21. The van der Waals surface area contributed by atoms with Crippen LogP contribution in [-0.2, 0) is 0 Å². The summed E-state index contributed by atoms with van der Waals surface area (Å²) < 4.78 is 1.06. The van der Waals surface area contributed by atoms with E-state index in [1.807, 2.05) is 24.3 Å². The van der Waals surface area contributed by atoms with Gasteiger partial charge in [0.2, 0.25) is 0 Å². The van der Waals surface area contributed by atoms with Gasteiger partial charge in [0.1, 0.15) is 0 Å². The highest BCUT2D eigenvalue weighted by molar-refractivity contribution is 9.10. The van der Waals surface area contributed by atoms with Gasteiger partial charge in [-0.1, -0.05) is 41.4 Å². The minimum absolute atomic E-state index is 0.340. The molecule has 0 radical (unpaired) electrons. The summed E-state index contributed by atoms with van der Waals surface area (Å²) in [5.41, 5.74) is 1.02. The molecule has 2 atom stereocenters. The van der Waals surface area contributed by atoms with Crippen molar-refractivity contribution < 1.29 is 5.11 Å². The number of rotatable bonds is 5. The zero-order valence-corrected chi connectivity index (χ0v) is 13.3. The monoisotopic (exact) mass is 325 g/mol. The molecule has 2 rings (SSSR count). The molecule has 2 nitrogen and oxygen atoms in total. The molecule has 0 amide bonds. The van der Waals surface area contributed by atoms with Gasteiger partial charge in [-0.05, 0) is 49.9 Å². The molecule has 0 aliphatic carbocycles. The SMILES string of the molecule is CCC1CCCCN1CCC(O)c1ccc(Br)cc1. The number of halogens is 1. The molecule has 0 saturated carbocycles. The molecule has 0 spiro atoms. The third-order valence-electron chi connectivity index (χ3n) is 4.16. The number of nitrogens with zero attached hydrogens (tertiary/aromatic N) is 1. The van der Waals surface area contributed by atoms with Crippen LogP contribution in [-0.4, -0.2) is 29.1 Å². The van der Waals surface area contributed by atoms with Gasteiger partial charge in [-0.3, -0.25) is 0 Å². The van der Waals surface area contributed by atoms with Crippen molar-refractivity contribution in [2.24, 2.45) is 0 Å². The van der Waals surface area contributed by atoms with Crippen LogP contribution in [0.1, 0.15) is 50.7 Å². The predicted molar refractivity (Wildman–Crippen MR) is 83.2 cm³/mol. The molecule has 2 unspecified atom stereocenters. The molecule has 3 heteroatoms. The fraction of sp³-hybridized carbons (Fsp3) is 0.625. The zero-order valence-electron chi connectivity index (χ0n) is 11.7. The summed E-state index contributed by atoms with van der Waals surface area (Å²) in [5.74, 6) is 0. The molecule has 106 valence electrons. The molecule has 1 aliphatic rings. The van der Waals surface area contributed by atoms with E-state index < -0.39 is 0 Å². The third-order valence-corrected chi connectivity index (χ3v) is 4.69. The van der Waals surface area contributed by atoms with E-state index in [-0.39, 0.29) is 6.10 Å². The molecule has 1 saturated heterocycles. The Morgan fingerprint density at radius 1 is 1.32 bits per heavy atom. The van der Waals surface area contributed by atoms with E-state index in [1.54, 1.807) is 0 Å². The molecule has 0 bridgehead atoms. The first-order valence-electron chi connectivity index (χ1n) is 7.38. The fourth-order valence-corrected chi connectivity index (χ4v) is 3.22. The lowest BCUT2D eigenvalue weighted by Crippen LogP contribution is -2.40. The number of hydrogen-bond donors (Lipinski definition) is 1. The van der Waals surface area contributed by atoms with Crippen LogP contribution < -0.4 is 0 Å². The lowest BCUT2D eigenvalue weighted by atomic mass is 9.99. The van der Waals surface area contributed by atoms with Gasteiger partial charge < -0.3 is 10.0 Å². The second kappa shape index (κ2) is 7.41. The Kier molecular flexibility index (Phi) is 5.86. The maximum Gasteiger partial charge on any atom is 0.0802 e. The molecule has 1 heterocycles. The molecule has 1 fully saturated rings. The van der Waals surface area contributed by atoms with Crippen molar-refractivity contribution in [3.63, 3.8) is 0 Å². The smallest absolute Gasteiger partial charge is 0.0802 e. The van der Waals surface area contributed by atoms with Crippen LogP contribution in [0.2, 0.25) is 0 Å². The van der Waals surface area contributed by atoms with Crippen molar-refractivity contribution in [1.82, 2.24) is 4.90 Å². The first-order chi connectivity index (χ1) is 9.20. The van der Waals surface area contributed by atoms with Crippen molar-refractivity contribution in [1.29, 1.82) is 0 Å². The minimum Gasteiger partial charge on any atom is -0.388 e. The Labute approximate surface area is 124 Å². The largest absolute Gasteiger partial charge is 0.388 e. The number of benzene rings is 1. The van der Waals surface area contributed by atoms with Gasteiger partial charge in [-0.15, -0.1) is 0 Å². The van der Waals surface area contributed by atoms with Crippen LogP contribution in [0.3, 0.4) is 0 Å².